The van der Waals surface area contributed by atoms with Crippen molar-refractivity contribution in [1.82, 2.24) is 9.55 Å². The Morgan fingerprint density at radius 3 is 2.94 bits per heavy atom. The number of aryl methyl sites for hydroxylation is 1. The van der Waals surface area contributed by atoms with Gasteiger partial charge in [-0.25, -0.2) is 4.98 Å². The zero-order valence-electron chi connectivity index (χ0n) is 8.22. The number of phenolic OH excluding ortho intramolecular Hbond substituents is 1. The van der Waals surface area contributed by atoms with Crippen molar-refractivity contribution in [3.8, 4) is 5.75 Å². The van der Waals surface area contributed by atoms with Crippen LogP contribution in [0.3, 0.4) is 0 Å². The Kier molecular flexibility index (Phi) is 2.70. The fraction of sp³-hybridized carbons (Fsp3) is 0.200. The highest BCUT2D eigenvalue weighted by Gasteiger charge is 2.10. The summed E-state index contributed by atoms with van der Waals surface area (Å²) in [5.74, 6) is -0.788. The van der Waals surface area contributed by atoms with Gasteiger partial charge >= 0.3 is 5.97 Å². The van der Waals surface area contributed by atoms with Crippen LogP contribution in [0.25, 0.3) is 11.0 Å². The van der Waals surface area contributed by atoms with Gasteiger partial charge in [-0.05, 0) is 23.7 Å². The van der Waals surface area contributed by atoms with Crippen LogP contribution < -0.4 is 0 Å². The quantitative estimate of drug-likeness (QED) is 0.859. The standard InChI is InChI=1S/C10H9ClN2O3/c11-10-12-7-5-6(14)1-2-8(7)13(10)4-3-9(15)16/h1-2,5,14H,3-4H2,(H,15,16). The number of hydrogen-bond donors (Lipinski definition) is 2. The first-order valence-corrected chi connectivity index (χ1v) is 5.02. The molecular weight excluding hydrogens is 232 g/mol. The minimum absolute atomic E-state index is 0.0218. The van der Waals surface area contributed by atoms with Crippen LogP contribution in [-0.2, 0) is 11.3 Å². The second-order valence-electron chi connectivity index (χ2n) is 3.35. The van der Waals surface area contributed by atoms with Crippen molar-refractivity contribution in [3.63, 3.8) is 0 Å². The van der Waals surface area contributed by atoms with Gasteiger partial charge in [-0.2, -0.15) is 0 Å². The number of nitrogens with zero attached hydrogens (tertiary/aromatic N) is 2. The van der Waals surface area contributed by atoms with Gasteiger partial charge in [0, 0.05) is 12.6 Å². The number of carboxylic acids is 1. The molecule has 5 nitrogen and oxygen atoms in total. The molecule has 0 spiro atoms. The topological polar surface area (TPSA) is 75.3 Å². The van der Waals surface area contributed by atoms with Gasteiger partial charge in [-0.15, -0.1) is 0 Å². The molecule has 16 heavy (non-hydrogen) atoms. The van der Waals surface area contributed by atoms with E-state index < -0.39 is 5.97 Å². The van der Waals surface area contributed by atoms with Gasteiger partial charge < -0.3 is 14.8 Å². The number of aliphatic carboxylic acids is 1. The van der Waals surface area contributed by atoms with Crippen LogP contribution in [0.2, 0.25) is 5.28 Å². The predicted octanol–water partition coefficient (Wildman–Crippen LogP) is 1.87. The van der Waals surface area contributed by atoms with Crippen LogP contribution in [0.4, 0.5) is 0 Å². The second-order valence-corrected chi connectivity index (χ2v) is 3.69. The van der Waals surface area contributed by atoms with E-state index in [0.29, 0.717) is 11.0 Å². The number of carbonyl (C=O) groups is 1. The molecule has 0 aliphatic heterocycles. The molecule has 0 aliphatic rings. The molecule has 0 saturated carbocycles. The first-order chi connectivity index (χ1) is 7.58. The van der Waals surface area contributed by atoms with Crippen molar-refractivity contribution in [2.24, 2.45) is 0 Å². The van der Waals surface area contributed by atoms with E-state index in [2.05, 4.69) is 4.98 Å². The van der Waals surface area contributed by atoms with Gasteiger partial charge in [0.25, 0.3) is 0 Å². The summed E-state index contributed by atoms with van der Waals surface area (Å²) in [6, 6.07) is 4.65. The Bertz CT molecular complexity index is 550. The average Bonchev–Trinajstić information content (AvgIpc) is 2.50. The van der Waals surface area contributed by atoms with Gasteiger partial charge in [0.05, 0.1) is 17.5 Å². The maximum absolute atomic E-state index is 10.5. The van der Waals surface area contributed by atoms with Gasteiger partial charge in [-0.3, -0.25) is 4.79 Å². The maximum Gasteiger partial charge on any atom is 0.305 e. The largest absolute Gasteiger partial charge is 0.508 e. The summed E-state index contributed by atoms with van der Waals surface area (Å²) in [6.45, 7) is 0.259. The van der Waals surface area contributed by atoms with Crippen molar-refractivity contribution in [2.75, 3.05) is 0 Å². The second kappa shape index (κ2) is 4.02. The number of aromatic hydroxyl groups is 1. The molecule has 0 aliphatic carbocycles. The number of benzene rings is 1. The van der Waals surface area contributed by atoms with Gasteiger partial charge in [-0.1, -0.05) is 0 Å². The number of fused-ring (bicyclic) bond motifs is 1. The summed E-state index contributed by atoms with van der Waals surface area (Å²) in [4.78, 5) is 14.5. The molecule has 2 N–H and O–H groups in total. The third-order valence-corrected chi connectivity index (χ3v) is 2.52. The first kappa shape index (κ1) is 10.8. The third-order valence-electron chi connectivity index (χ3n) is 2.23. The lowest BCUT2D eigenvalue weighted by Gasteiger charge is -2.02. The van der Waals surface area contributed by atoms with Crippen LogP contribution in [0.5, 0.6) is 5.75 Å². The molecule has 0 unspecified atom stereocenters. The number of rotatable bonds is 3. The Labute approximate surface area is 95.9 Å². The number of halogens is 1. The van der Waals surface area contributed by atoms with Gasteiger partial charge in [0.1, 0.15) is 5.75 Å². The average molecular weight is 241 g/mol. The summed E-state index contributed by atoms with van der Waals surface area (Å²) in [5, 5.41) is 18.1. The lowest BCUT2D eigenvalue weighted by molar-refractivity contribution is -0.137. The molecule has 0 radical (unpaired) electrons. The zero-order chi connectivity index (χ0) is 11.7. The van der Waals surface area contributed by atoms with Gasteiger partial charge in [0.15, 0.2) is 0 Å². The summed E-state index contributed by atoms with van der Waals surface area (Å²) in [7, 11) is 0. The van der Waals surface area contributed by atoms with Gasteiger partial charge in [0.2, 0.25) is 5.28 Å². The van der Waals surface area contributed by atoms with E-state index in [0.717, 1.165) is 0 Å². The molecule has 2 aromatic rings. The van der Waals surface area contributed by atoms with Crippen molar-refractivity contribution in [3.05, 3.63) is 23.5 Å². The highest BCUT2D eigenvalue weighted by Crippen LogP contribution is 2.23. The molecule has 0 fully saturated rings. The number of phenols is 1. The number of hydrogen-bond acceptors (Lipinski definition) is 3. The van der Waals surface area contributed by atoms with Crippen LogP contribution >= 0.6 is 11.6 Å². The highest BCUT2D eigenvalue weighted by atomic mass is 35.5. The van der Waals surface area contributed by atoms with E-state index in [-0.39, 0.29) is 24.0 Å². The van der Waals surface area contributed by atoms with Crippen molar-refractivity contribution in [2.45, 2.75) is 13.0 Å². The van der Waals surface area contributed by atoms with E-state index in [9.17, 15) is 9.90 Å². The molecule has 1 aromatic heterocycles. The van der Waals surface area contributed by atoms with Crippen LogP contribution in [0.1, 0.15) is 6.42 Å². The molecular formula is C10H9ClN2O3. The number of carboxylic acid groups (broad SMARTS) is 1. The summed E-state index contributed by atoms with van der Waals surface area (Å²) in [6.07, 6.45) is -0.0218. The minimum Gasteiger partial charge on any atom is -0.508 e. The molecule has 1 heterocycles. The number of imidazole rings is 1. The third kappa shape index (κ3) is 1.94. The van der Waals surface area contributed by atoms with Crippen molar-refractivity contribution < 1.29 is 15.0 Å². The molecule has 2 rings (SSSR count). The smallest absolute Gasteiger partial charge is 0.305 e. The Morgan fingerprint density at radius 2 is 2.25 bits per heavy atom. The highest BCUT2D eigenvalue weighted by molar-refractivity contribution is 6.29. The normalized spacial score (nSPS) is 10.8. The lowest BCUT2D eigenvalue weighted by atomic mass is 10.3. The van der Waals surface area contributed by atoms with Crippen LogP contribution in [0.15, 0.2) is 18.2 Å². The SMILES string of the molecule is O=C(O)CCn1c(Cl)nc2cc(O)ccc21. The maximum atomic E-state index is 10.5. The number of aromatic nitrogens is 2. The summed E-state index contributed by atoms with van der Waals surface area (Å²) in [5.41, 5.74) is 1.26. The Hall–Kier alpha value is -1.75. The van der Waals surface area contributed by atoms with Crippen molar-refractivity contribution in [1.29, 1.82) is 0 Å². The van der Waals surface area contributed by atoms with E-state index in [4.69, 9.17) is 16.7 Å². The summed E-state index contributed by atoms with van der Waals surface area (Å²) >= 11 is 5.88. The van der Waals surface area contributed by atoms with E-state index in [1.54, 1.807) is 10.6 Å². The Balaban J connectivity index is 2.43. The molecule has 0 atom stereocenters. The summed E-state index contributed by atoms with van der Waals surface area (Å²) < 4.78 is 1.60. The molecule has 84 valence electrons. The minimum atomic E-state index is -0.892. The molecule has 0 amide bonds. The Morgan fingerprint density at radius 1 is 1.50 bits per heavy atom. The molecule has 6 heteroatoms. The molecule has 1 aromatic carbocycles. The van der Waals surface area contributed by atoms with E-state index >= 15 is 0 Å². The van der Waals surface area contributed by atoms with Crippen LogP contribution in [-0.4, -0.2) is 25.7 Å². The predicted molar refractivity (Wildman–Crippen MR) is 58.7 cm³/mol. The van der Waals surface area contributed by atoms with Crippen molar-refractivity contribution >= 4 is 28.6 Å². The first-order valence-electron chi connectivity index (χ1n) is 4.64. The van der Waals surface area contributed by atoms with Crippen LogP contribution in [0, 0.1) is 0 Å². The van der Waals surface area contributed by atoms with E-state index in [1.807, 2.05) is 0 Å². The fourth-order valence-electron chi connectivity index (χ4n) is 1.51. The fourth-order valence-corrected chi connectivity index (χ4v) is 1.78. The van der Waals surface area contributed by atoms with E-state index in [1.165, 1.54) is 12.1 Å². The molecule has 0 saturated heterocycles. The monoisotopic (exact) mass is 240 g/mol. The lowest BCUT2D eigenvalue weighted by Crippen LogP contribution is -2.04. The molecule has 0 bridgehead atoms. The zero-order valence-corrected chi connectivity index (χ0v) is 8.98.